The third kappa shape index (κ3) is 4.63. The number of nitrogens with one attached hydrogen (secondary N) is 3. The van der Waals surface area contributed by atoms with Crippen molar-refractivity contribution in [3.05, 3.63) is 35.0 Å². The number of hydrogen-bond donors (Lipinski definition) is 3. The molecule has 1 heterocycles. The average Bonchev–Trinajstić information content (AvgIpc) is 2.77. The van der Waals surface area contributed by atoms with E-state index in [0.717, 1.165) is 17.1 Å². The molecule has 0 atom stereocenters. The van der Waals surface area contributed by atoms with Crippen molar-refractivity contribution in [3.63, 3.8) is 0 Å². The van der Waals surface area contributed by atoms with Gasteiger partial charge in [0, 0.05) is 19.2 Å². The highest BCUT2D eigenvalue weighted by Gasteiger charge is 2.11. The van der Waals surface area contributed by atoms with Gasteiger partial charge >= 0.3 is 0 Å². The molecule has 0 fully saturated rings. The molecule has 0 unspecified atom stereocenters. The van der Waals surface area contributed by atoms with Gasteiger partial charge in [-0.3, -0.25) is 9.48 Å². The Morgan fingerprint density at radius 3 is 2.74 bits per heavy atom. The van der Waals surface area contributed by atoms with Crippen LogP contribution in [0.3, 0.4) is 0 Å². The number of anilines is 3. The zero-order valence-electron chi connectivity index (χ0n) is 13.8. The van der Waals surface area contributed by atoms with Crippen LogP contribution in [0.1, 0.15) is 19.5 Å². The van der Waals surface area contributed by atoms with Crippen LogP contribution in [0.2, 0.25) is 5.02 Å². The minimum atomic E-state index is -0.150. The summed E-state index contributed by atoms with van der Waals surface area (Å²) in [6, 6.07) is 7.61. The summed E-state index contributed by atoms with van der Waals surface area (Å²) in [5.41, 5.74) is 2.45. The van der Waals surface area contributed by atoms with E-state index in [2.05, 4.69) is 21.0 Å². The summed E-state index contributed by atoms with van der Waals surface area (Å²) in [5.74, 6) is 0.518. The Hall–Kier alpha value is -2.21. The highest BCUT2D eigenvalue weighted by atomic mass is 35.5. The van der Waals surface area contributed by atoms with Crippen molar-refractivity contribution in [1.29, 1.82) is 0 Å². The number of hydrogen-bond acceptors (Lipinski definition) is 4. The Kier molecular flexibility index (Phi) is 5.50. The first kappa shape index (κ1) is 17.1. The Morgan fingerprint density at radius 2 is 2.13 bits per heavy atom. The quantitative estimate of drug-likeness (QED) is 0.757. The molecule has 6 nitrogen and oxygen atoms in total. The lowest BCUT2D eigenvalue weighted by Gasteiger charge is -2.17. The Balaban J connectivity index is 2.01. The molecule has 1 aromatic carbocycles. The van der Waals surface area contributed by atoms with E-state index >= 15 is 0 Å². The third-order valence-electron chi connectivity index (χ3n) is 3.16. The van der Waals surface area contributed by atoms with E-state index in [1.54, 1.807) is 11.7 Å². The van der Waals surface area contributed by atoms with E-state index in [-0.39, 0.29) is 18.5 Å². The van der Waals surface area contributed by atoms with Gasteiger partial charge in [-0.25, -0.2) is 0 Å². The zero-order valence-corrected chi connectivity index (χ0v) is 14.5. The summed E-state index contributed by atoms with van der Waals surface area (Å²) in [4.78, 5) is 12.1. The minimum absolute atomic E-state index is 0.136. The summed E-state index contributed by atoms with van der Waals surface area (Å²) < 4.78 is 1.64. The number of carbonyl (C=O) groups is 1. The lowest BCUT2D eigenvalue weighted by atomic mass is 10.2. The summed E-state index contributed by atoms with van der Waals surface area (Å²) in [5, 5.41) is 14.0. The van der Waals surface area contributed by atoms with E-state index in [1.165, 1.54) is 0 Å². The highest BCUT2D eigenvalue weighted by molar-refractivity contribution is 6.34. The molecule has 0 radical (unpaired) electrons. The maximum Gasteiger partial charge on any atom is 0.244 e. The lowest BCUT2D eigenvalue weighted by molar-refractivity contribution is -0.114. The fourth-order valence-electron chi connectivity index (χ4n) is 2.20. The van der Waals surface area contributed by atoms with E-state index < -0.39 is 0 Å². The van der Waals surface area contributed by atoms with Crippen molar-refractivity contribution < 1.29 is 4.79 Å². The van der Waals surface area contributed by atoms with Gasteiger partial charge in [0.05, 0.1) is 28.6 Å². The fraction of sp³-hybridized carbons (Fsp3) is 0.375. The van der Waals surface area contributed by atoms with Gasteiger partial charge in [0.2, 0.25) is 5.91 Å². The molecule has 0 aliphatic heterocycles. The van der Waals surface area contributed by atoms with Crippen molar-refractivity contribution in [1.82, 2.24) is 9.78 Å². The van der Waals surface area contributed by atoms with Gasteiger partial charge < -0.3 is 16.0 Å². The molecule has 0 aliphatic carbocycles. The number of amides is 1. The van der Waals surface area contributed by atoms with Gasteiger partial charge in [-0.05, 0) is 32.9 Å². The molecule has 0 bridgehead atoms. The lowest BCUT2D eigenvalue weighted by Crippen LogP contribution is -2.23. The summed E-state index contributed by atoms with van der Waals surface area (Å²) in [6.07, 6.45) is 0. The number of benzene rings is 1. The maximum absolute atomic E-state index is 12.1. The van der Waals surface area contributed by atoms with Crippen LogP contribution in [0.4, 0.5) is 17.2 Å². The number of aromatic nitrogens is 2. The molecule has 3 N–H and O–H groups in total. The normalized spacial score (nSPS) is 10.7. The molecular weight excluding hydrogens is 314 g/mol. The van der Waals surface area contributed by atoms with Gasteiger partial charge in [0.15, 0.2) is 0 Å². The number of nitrogens with zero attached hydrogens (tertiary/aromatic N) is 2. The molecule has 0 saturated carbocycles. The summed E-state index contributed by atoms with van der Waals surface area (Å²) >= 11 is 6.23. The zero-order chi connectivity index (χ0) is 17.0. The van der Waals surface area contributed by atoms with Crippen LogP contribution in [0, 0.1) is 6.92 Å². The smallest absolute Gasteiger partial charge is 0.244 e. The van der Waals surface area contributed by atoms with Crippen LogP contribution in [0.5, 0.6) is 0 Å². The monoisotopic (exact) mass is 335 g/mol. The molecule has 1 amide bonds. The van der Waals surface area contributed by atoms with Crippen LogP contribution < -0.4 is 16.0 Å². The first-order valence-electron chi connectivity index (χ1n) is 7.46. The number of aryl methyl sites for hydroxylation is 2. The number of para-hydroxylation sites is 1. The topological polar surface area (TPSA) is 71.0 Å². The molecule has 0 aliphatic rings. The summed E-state index contributed by atoms with van der Waals surface area (Å²) in [7, 11) is 1.79. The van der Waals surface area contributed by atoms with Gasteiger partial charge in [0.25, 0.3) is 0 Å². The summed E-state index contributed by atoms with van der Waals surface area (Å²) in [6.45, 7) is 6.08. The van der Waals surface area contributed by atoms with Crippen LogP contribution in [0.15, 0.2) is 24.3 Å². The van der Waals surface area contributed by atoms with E-state index in [1.807, 2.05) is 45.0 Å². The van der Waals surface area contributed by atoms with Crippen molar-refractivity contribution in [3.8, 4) is 0 Å². The molecule has 0 saturated heterocycles. The third-order valence-corrected chi connectivity index (χ3v) is 3.47. The van der Waals surface area contributed by atoms with Gasteiger partial charge in [-0.2, -0.15) is 5.10 Å². The molecule has 7 heteroatoms. The van der Waals surface area contributed by atoms with Gasteiger partial charge in [-0.1, -0.05) is 17.7 Å². The number of carbonyl (C=O) groups excluding carboxylic acids is 1. The molecule has 23 heavy (non-hydrogen) atoms. The molecule has 2 aromatic rings. The van der Waals surface area contributed by atoms with E-state index in [4.69, 9.17) is 11.6 Å². The molecule has 0 spiro atoms. The fourth-order valence-corrected chi connectivity index (χ4v) is 2.43. The molecule has 2 rings (SSSR count). The first-order chi connectivity index (χ1) is 10.9. The van der Waals surface area contributed by atoms with E-state index in [0.29, 0.717) is 10.8 Å². The SMILES string of the molecule is Cc1cc(NC(=O)CNc2cccc(Cl)c2NC(C)C)n(C)n1. The first-order valence-corrected chi connectivity index (χ1v) is 7.84. The van der Waals surface area contributed by atoms with Crippen LogP contribution in [-0.2, 0) is 11.8 Å². The standard InChI is InChI=1S/C16H22ClN5O/c1-10(2)19-16-12(17)6-5-7-13(16)18-9-15(23)20-14-8-11(3)21-22(14)4/h5-8,10,18-19H,9H2,1-4H3,(H,20,23). The van der Waals surface area contributed by atoms with Crippen LogP contribution >= 0.6 is 11.6 Å². The largest absolute Gasteiger partial charge is 0.380 e. The average molecular weight is 336 g/mol. The molecule has 124 valence electrons. The van der Waals surface area contributed by atoms with E-state index in [9.17, 15) is 4.79 Å². The predicted octanol–water partition coefficient (Wildman–Crippen LogP) is 3.25. The van der Waals surface area contributed by atoms with Crippen molar-refractivity contribution >= 4 is 34.7 Å². The van der Waals surface area contributed by atoms with Crippen molar-refractivity contribution in [2.24, 2.45) is 7.05 Å². The maximum atomic E-state index is 12.1. The van der Waals surface area contributed by atoms with Crippen LogP contribution in [-0.4, -0.2) is 28.3 Å². The highest BCUT2D eigenvalue weighted by Crippen LogP contribution is 2.30. The van der Waals surface area contributed by atoms with Crippen LogP contribution in [0.25, 0.3) is 0 Å². The van der Waals surface area contributed by atoms with Crippen molar-refractivity contribution in [2.45, 2.75) is 26.8 Å². The Morgan fingerprint density at radius 1 is 1.39 bits per heavy atom. The second-order valence-corrected chi connectivity index (χ2v) is 6.06. The molecule has 1 aromatic heterocycles. The number of rotatable bonds is 6. The number of halogens is 1. The van der Waals surface area contributed by atoms with Gasteiger partial charge in [-0.15, -0.1) is 0 Å². The second kappa shape index (κ2) is 7.37. The Labute approximate surface area is 141 Å². The minimum Gasteiger partial charge on any atom is -0.380 e. The second-order valence-electron chi connectivity index (χ2n) is 5.66. The van der Waals surface area contributed by atoms with Gasteiger partial charge in [0.1, 0.15) is 5.82 Å². The predicted molar refractivity (Wildman–Crippen MR) is 95.3 cm³/mol. The van der Waals surface area contributed by atoms with Crippen molar-refractivity contribution in [2.75, 3.05) is 22.5 Å². The Bertz CT molecular complexity index is 696. The molecular formula is C16H22ClN5O.